The number of carboxylic acid groups (broad SMARTS) is 1. The molecule has 1 aliphatic heterocycles. The van der Waals surface area contributed by atoms with E-state index in [2.05, 4.69) is 5.32 Å². The van der Waals surface area contributed by atoms with Gasteiger partial charge >= 0.3 is 5.97 Å². The summed E-state index contributed by atoms with van der Waals surface area (Å²) in [5.41, 5.74) is 0.570. The zero-order chi connectivity index (χ0) is 10.7. The van der Waals surface area contributed by atoms with Crippen molar-refractivity contribution in [3.8, 4) is 0 Å². The van der Waals surface area contributed by atoms with E-state index in [4.69, 9.17) is 5.11 Å². The first-order valence-electron chi connectivity index (χ1n) is 6.13. The van der Waals surface area contributed by atoms with Crippen molar-refractivity contribution in [3.63, 3.8) is 0 Å². The van der Waals surface area contributed by atoms with E-state index < -0.39 is 5.97 Å². The van der Waals surface area contributed by atoms with Gasteiger partial charge in [-0.15, -0.1) is 0 Å². The van der Waals surface area contributed by atoms with Crippen molar-refractivity contribution in [2.45, 2.75) is 44.9 Å². The Bertz CT molecular complexity index is 224. The number of carbonyl (C=O) groups is 1. The van der Waals surface area contributed by atoms with Gasteiger partial charge in [0.1, 0.15) is 0 Å². The van der Waals surface area contributed by atoms with Gasteiger partial charge in [0.2, 0.25) is 0 Å². The normalized spacial score (nSPS) is 26.7. The Morgan fingerprint density at radius 2 is 1.80 bits per heavy atom. The number of rotatable bonds is 2. The average Bonchev–Trinajstić information content (AvgIpc) is 2.23. The van der Waals surface area contributed by atoms with Gasteiger partial charge in [0.25, 0.3) is 0 Å². The summed E-state index contributed by atoms with van der Waals surface area (Å²) in [6.07, 6.45) is 7.76. The van der Waals surface area contributed by atoms with Crippen molar-refractivity contribution >= 4 is 5.97 Å². The molecule has 0 unspecified atom stereocenters. The molecule has 15 heavy (non-hydrogen) atoms. The van der Waals surface area contributed by atoms with Crippen molar-refractivity contribution in [3.05, 3.63) is 0 Å². The molecule has 0 aromatic carbocycles. The smallest absolute Gasteiger partial charge is 0.303 e. The Morgan fingerprint density at radius 1 is 1.20 bits per heavy atom. The van der Waals surface area contributed by atoms with Gasteiger partial charge in [-0.1, -0.05) is 0 Å². The highest BCUT2D eigenvalue weighted by molar-refractivity contribution is 5.67. The summed E-state index contributed by atoms with van der Waals surface area (Å²) in [5, 5.41) is 12.2. The van der Waals surface area contributed by atoms with E-state index >= 15 is 0 Å². The average molecular weight is 211 g/mol. The monoisotopic (exact) mass is 211 g/mol. The highest BCUT2D eigenvalue weighted by Gasteiger charge is 2.36. The van der Waals surface area contributed by atoms with Crippen LogP contribution < -0.4 is 5.32 Å². The molecule has 0 bridgehead atoms. The zero-order valence-corrected chi connectivity index (χ0v) is 9.30. The molecular formula is C12H21NO2. The molecule has 1 spiro atoms. The van der Waals surface area contributed by atoms with Crippen LogP contribution in [0.2, 0.25) is 0 Å². The first-order chi connectivity index (χ1) is 7.20. The minimum Gasteiger partial charge on any atom is -0.481 e. The van der Waals surface area contributed by atoms with E-state index in [1.54, 1.807) is 0 Å². The largest absolute Gasteiger partial charge is 0.481 e. The fraction of sp³-hybridized carbons (Fsp3) is 0.917. The molecule has 2 aliphatic rings. The first-order valence-corrected chi connectivity index (χ1v) is 6.13. The third kappa shape index (κ3) is 2.71. The van der Waals surface area contributed by atoms with Crippen LogP contribution in [0.25, 0.3) is 0 Å². The minimum absolute atomic E-state index is 0.383. The second kappa shape index (κ2) is 4.52. The molecule has 2 N–H and O–H groups in total. The zero-order valence-electron chi connectivity index (χ0n) is 9.30. The van der Waals surface area contributed by atoms with Crippen molar-refractivity contribution in [2.75, 3.05) is 13.1 Å². The Balaban J connectivity index is 1.82. The molecule has 1 heterocycles. The van der Waals surface area contributed by atoms with Crippen LogP contribution in [0.4, 0.5) is 0 Å². The van der Waals surface area contributed by atoms with Crippen LogP contribution >= 0.6 is 0 Å². The van der Waals surface area contributed by atoms with E-state index in [0.717, 1.165) is 25.9 Å². The third-order valence-electron chi connectivity index (χ3n) is 4.29. The summed E-state index contributed by atoms with van der Waals surface area (Å²) in [7, 11) is 0. The highest BCUT2D eigenvalue weighted by atomic mass is 16.4. The van der Waals surface area contributed by atoms with Crippen molar-refractivity contribution in [1.82, 2.24) is 5.32 Å². The molecule has 2 rings (SSSR count). The summed E-state index contributed by atoms with van der Waals surface area (Å²) in [5.74, 6) is -0.177. The summed E-state index contributed by atoms with van der Waals surface area (Å²) in [6.45, 7) is 2.31. The Kier molecular flexibility index (Phi) is 3.29. The molecule has 3 heteroatoms. The van der Waals surface area contributed by atoms with Gasteiger partial charge in [0.15, 0.2) is 0 Å². The lowest BCUT2D eigenvalue weighted by atomic mass is 9.65. The molecule has 86 valence electrons. The molecule has 0 amide bonds. The molecular weight excluding hydrogens is 190 g/mol. The van der Waals surface area contributed by atoms with E-state index in [1.807, 2.05) is 0 Å². The standard InChI is InChI=1S/C12H21NO2/c14-11(15)9-10-1-3-12(4-2-10)5-7-13-8-6-12/h10,13H,1-9H2,(H,14,15). The second-order valence-corrected chi connectivity index (χ2v) is 5.29. The van der Waals surface area contributed by atoms with Crippen LogP contribution in [0, 0.1) is 11.3 Å². The van der Waals surface area contributed by atoms with E-state index in [1.165, 1.54) is 25.7 Å². The molecule has 2 fully saturated rings. The van der Waals surface area contributed by atoms with Crippen molar-refractivity contribution < 1.29 is 9.90 Å². The number of nitrogens with one attached hydrogen (secondary N) is 1. The van der Waals surface area contributed by atoms with Gasteiger partial charge in [-0.2, -0.15) is 0 Å². The summed E-state index contributed by atoms with van der Waals surface area (Å²) in [4.78, 5) is 10.6. The number of piperidine rings is 1. The molecule has 1 saturated carbocycles. The van der Waals surface area contributed by atoms with Crippen LogP contribution in [-0.4, -0.2) is 24.2 Å². The third-order valence-corrected chi connectivity index (χ3v) is 4.29. The van der Waals surface area contributed by atoms with E-state index in [-0.39, 0.29) is 0 Å². The highest BCUT2D eigenvalue weighted by Crippen LogP contribution is 2.45. The molecule has 3 nitrogen and oxygen atoms in total. The molecule has 1 saturated heterocycles. The second-order valence-electron chi connectivity index (χ2n) is 5.29. The van der Waals surface area contributed by atoms with Gasteiger partial charge in [0.05, 0.1) is 0 Å². The Morgan fingerprint density at radius 3 is 2.33 bits per heavy atom. The van der Waals surface area contributed by atoms with Gasteiger partial charge in [-0.3, -0.25) is 4.79 Å². The van der Waals surface area contributed by atoms with Gasteiger partial charge < -0.3 is 10.4 Å². The molecule has 0 aromatic rings. The summed E-state index contributed by atoms with van der Waals surface area (Å²) < 4.78 is 0. The summed E-state index contributed by atoms with van der Waals surface area (Å²) in [6, 6.07) is 0. The van der Waals surface area contributed by atoms with Crippen LogP contribution in [0.1, 0.15) is 44.9 Å². The fourth-order valence-electron chi connectivity index (χ4n) is 3.20. The molecule has 0 aromatic heterocycles. The topological polar surface area (TPSA) is 49.3 Å². The lowest BCUT2D eigenvalue weighted by Crippen LogP contribution is -2.39. The van der Waals surface area contributed by atoms with Gasteiger partial charge in [-0.05, 0) is 62.9 Å². The Hall–Kier alpha value is -0.570. The number of hydrogen-bond donors (Lipinski definition) is 2. The van der Waals surface area contributed by atoms with Crippen molar-refractivity contribution in [2.24, 2.45) is 11.3 Å². The lowest BCUT2D eigenvalue weighted by Gasteiger charge is -2.43. The van der Waals surface area contributed by atoms with Crippen LogP contribution in [0.3, 0.4) is 0 Å². The van der Waals surface area contributed by atoms with Crippen LogP contribution in [0.5, 0.6) is 0 Å². The van der Waals surface area contributed by atoms with Crippen LogP contribution in [0.15, 0.2) is 0 Å². The van der Waals surface area contributed by atoms with Crippen molar-refractivity contribution in [1.29, 1.82) is 0 Å². The predicted molar refractivity (Wildman–Crippen MR) is 58.7 cm³/mol. The van der Waals surface area contributed by atoms with E-state index in [9.17, 15) is 4.79 Å². The summed E-state index contributed by atoms with van der Waals surface area (Å²) >= 11 is 0. The number of hydrogen-bond acceptors (Lipinski definition) is 2. The first kappa shape index (κ1) is 10.9. The fourth-order valence-corrected chi connectivity index (χ4v) is 3.20. The van der Waals surface area contributed by atoms with Gasteiger partial charge in [0, 0.05) is 6.42 Å². The molecule has 0 atom stereocenters. The van der Waals surface area contributed by atoms with E-state index in [0.29, 0.717) is 17.8 Å². The number of aliphatic carboxylic acids is 1. The minimum atomic E-state index is -0.624. The maximum absolute atomic E-state index is 10.6. The SMILES string of the molecule is O=C(O)CC1CCC2(CCNCC2)CC1. The van der Waals surface area contributed by atoms with Crippen LogP contribution in [-0.2, 0) is 4.79 Å². The van der Waals surface area contributed by atoms with Gasteiger partial charge in [-0.25, -0.2) is 0 Å². The Labute approximate surface area is 91.2 Å². The molecule has 0 radical (unpaired) electrons. The quantitative estimate of drug-likeness (QED) is 0.734. The number of carboxylic acids is 1. The predicted octanol–water partition coefficient (Wildman–Crippen LogP) is 2.02. The lowest BCUT2D eigenvalue weighted by molar-refractivity contribution is -0.138. The maximum Gasteiger partial charge on any atom is 0.303 e. The molecule has 1 aliphatic carbocycles. The maximum atomic E-state index is 10.6.